The molecule has 0 bridgehead atoms. The molecule has 0 aliphatic carbocycles. The van der Waals surface area contributed by atoms with Crippen LogP contribution in [0.5, 0.6) is 0 Å². The van der Waals surface area contributed by atoms with Crippen molar-refractivity contribution >= 4 is 28.5 Å². The third-order valence-electron chi connectivity index (χ3n) is 2.97. The lowest BCUT2D eigenvalue weighted by Gasteiger charge is -2.04. The highest BCUT2D eigenvalue weighted by molar-refractivity contribution is 7.98. The zero-order valence-electron chi connectivity index (χ0n) is 10.7. The summed E-state index contributed by atoms with van der Waals surface area (Å²) in [4.78, 5) is 8.98. The maximum absolute atomic E-state index is 6.01. The lowest BCUT2D eigenvalue weighted by Crippen LogP contribution is -1.90. The summed E-state index contributed by atoms with van der Waals surface area (Å²) in [5.41, 5.74) is 10.1. The first-order valence-corrected chi connectivity index (χ1v) is 7.13. The van der Waals surface area contributed by atoms with E-state index >= 15 is 0 Å². The van der Waals surface area contributed by atoms with Gasteiger partial charge in [-0.25, -0.2) is 4.98 Å². The number of nitrogens with two attached hydrogens (primary N) is 1. The third kappa shape index (κ3) is 2.58. The number of nitrogens with one attached hydrogen (secondary N) is 1. The van der Waals surface area contributed by atoms with Gasteiger partial charge in [0.15, 0.2) is 0 Å². The lowest BCUT2D eigenvalue weighted by molar-refractivity contribution is 1.14. The van der Waals surface area contributed by atoms with Gasteiger partial charge >= 0.3 is 0 Å². The van der Waals surface area contributed by atoms with Crippen molar-refractivity contribution in [2.75, 3.05) is 5.73 Å². The summed E-state index contributed by atoms with van der Waals surface area (Å²) < 4.78 is 0. The van der Waals surface area contributed by atoms with Crippen LogP contribution < -0.4 is 5.73 Å². The average Bonchev–Trinajstić information content (AvgIpc) is 2.80. The summed E-state index contributed by atoms with van der Waals surface area (Å²) in [6.07, 6.45) is 0. The number of nitrogens with zero attached hydrogens (tertiary/aromatic N) is 1. The molecule has 3 rings (SSSR count). The van der Waals surface area contributed by atoms with Gasteiger partial charge in [-0.15, -0.1) is 11.8 Å². The van der Waals surface area contributed by atoms with Crippen molar-refractivity contribution in [1.29, 1.82) is 0 Å². The number of aromatic nitrogens is 2. The van der Waals surface area contributed by atoms with Gasteiger partial charge in [0.2, 0.25) is 0 Å². The van der Waals surface area contributed by atoms with Gasteiger partial charge in [0.25, 0.3) is 0 Å². The van der Waals surface area contributed by atoms with Crippen LogP contribution in [0.15, 0.2) is 47.4 Å². The van der Waals surface area contributed by atoms with Gasteiger partial charge in [-0.05, 0) is 36.8 Å². The Morgan fingerprint density at radius 1 is 1.21 bits per heavy atom. The first kappa shape index (κ1) is 12.1. The van der Waals surface area contributed by atoms with E-state index in [2.05, 4.69) is 22.1 Å². The van der Waals surface area contributed by atoms with Crippen molar-refractivity contribution in [2.45, 2.75) is 17.6 Å². The first-order chi connectivity index (χ1) is 9.22. The molecular weight excluding hydrogens is 254 g/mol. The van der Waals surface area contributed by atoms with Crippen LogP contribution >= 0.6 is 11.8 Å². The largest absolute Gasteiger partial charge is 0.398 e. The predicted octanol–water partition coefficient (Wildman–Crippen LogP) is 3.75. The minimum Gasteiger partial charge on any atom is -0.398 e. The van der Waals surface area contributed by atoms with Crippen LogP contribution in [0, 0.1) is 6.92 Å². The second-order valence-electron chi connectivity index (χ2n) is 4.53. The molecule has 0 aliphatic rings. The molecule has 3 aromatic rings. The van der Waals surface area contributed by atoms with Crippen molar-refractivity contribution in [3.05, 3.63) is 53.9 Å². The minimum absolute atomic E-state index is 0.794. The highest BCUT2D eigenvalue weighted by atomic mass is 32.2. The van der Waals surface area contributed by atoms with E-state index in [0.29, 0.717) is 0 Å². The van der Waals surface area contributed by atoms with E-state index in [1.165, 1.54) is 5.56 Å². The molecule has 0 amide bonds. The summed E-state index contributed by atoms with van der Waals surface area (Å²) in [5, 5.41) is 0. The number of aromatic amines is 1. The number of imidazole rings is 1. The number of hydrogen-bond acceptors (Lipinski definition) is 3. The highest BCUT2D eigenvalue weighted by Gasteiger charge is 2.05. The van der Waals surface area contributed by atoms with Crippen LogP contribution in [0.2, 0.25) is 0 Å². The molecule has 2 aromatic carbocycles. The van der Waals surface area contributed by atoms with E-state index in [-0.39, 0.29) is 0 Å². The molecule has 1 aromatic heterocycles. The second-order valence-corrected chi connectivity index (χ2v) is 5.55. The fourth-order valence-electron chi connectivity index (χ4n) is 2.02. The van der Waals surface area contributed by atoms with Crippen molar-refractivity contribution in [3.63, 3.8) is 0 Å². The summed E-state index contributed by atoms with van der Waals surface area (Å²) in [6, 6.07) is 14.2. The Labute approximate surface area is 116 Å². The smallest absolute Gasteiger partial charge is 0.117 e. The Bertz CT molecular complexity index is 685. The lowest BCUT2D eigenvalue weighted by atomic mass is 10.2. The zero-order valence-corrected chi connectivity index (χ0v) is 11.5. The van der Waals surface area contributed by atoms with E-state index < -0.39 is 0 Å². The van der Waals surface area contributed by atoms with Gasteiger partial charge in [-0.1, -0.05) is 18.2 Å². The normalized spacial score (nSPS) is 11.0. The molecule has 0 radical (unpaired) electrons. The Hall–Kier alpha value is -1.94. The fourth-order valence-corrected chi connectivity index (χ4v) is 2.84. The minimum atomic E-state index is 0.794. The van der Waals surface area contributed by atoms with Gasteiger partial charge in [-0.3, -0.25) is 0 Å². The number of fused-ring (bicyclic) bond motifs is 1. The van der Waals surface area contributed by atoms with Crippen LogP contribution in [-0.2, 0) is 5.75 Å². The molecule has 19 heavy (non-hydrogen) atoms. The number of thioether (sulfide) groups is 1. The maximum Gasteiger partial charge on any atom is 0.117 e. The van der Waals surface area contributed by atoms with Gasteiger partial charge in [-0.2, -0.15) is 0 Å². The second kappa shape index (κ2) is 4.97. The molecule has 0 saturated carbocycles. The van der Waals surface area contributed by atoms with E-state index in [4.69, 9.17) is 5.73 Å². The SMILES string of the molecule is Cc1ccc(SCc2nc3ccccc3[nH]2)c(N)c1. The number of nitrogen functional groups attached to an aromatic ring is 1. The van der Waals surface area contributed by atoms with Crippen LogP contribution in [0.1, 0.15) is 11.4 Å². The standard InChI is InChI=1S/C15H15N3S/c1-10-6-7-14(11(16)8-10)19-9-15-17-12-4-2-3-5-13(12)18-15/h2-8H,9,16H2,1H3,(H,17,18). The highest BCUT2D eigenvalue weighted by Crippen LogP contribution is 2.28. The van der Waals surface area contributed by atoms with Crippen LogP contribution in [0.4, 0.5) is 5.69 Å². The van der Waals surface area contributed by atoms with Crippen molar-refractivity contribution in [1.82, 2.24) is 9.97 Å². The number of para-hydroxylation sites is 2. The van der Waals surface area contributed by atoms with Crippen molar-refractivity contribution in [3.8, 4) is 0 Å². The first-order valence-electron chi connectivity index (χ1n) is 6.15. The number of H-pyrrole nitrogens is 1. The summed E-state index contributed by atoms with van der Waals surface area (Å²) in [5.74, 6) is 1.77. The molecule has 0 atom stereocenters. The van der Waals surface area contributed by atoms with Crippen molar-refractivity contribution in [2.24, 2.45) is 0 Å². The van der Waals surface area contributed by atoms with E-state index in [0.717, 1.165) is 33.2 Å². The molecule has 3 nitrogen and oxygen atoms in total. The number of anilines is 1. The van der Waals surface area contributed by atoms with Crippen molar-refractivity contribution < 1.29 is 0 Å². The zero-order chi connectivity index (χ0) is 13.2. The fraction of sp³-hybridized carbons (Fsp3) is 0.133. The summed E-state index contributed by atoms with van der Waals surface area (Å²) in [6.45, 7) is 2.05. The molecule has 0 aliphatic heterocycles. The molecule has 0 fully saturated rings. The average molecular weight is 269 g/mol. The molecule has 4 heteroatoms. The van der Waals surface area contributed by atoms with E-state index in [1.54, 1.807) is 11.8 Å². The summed E-state index contributed by atoms with van der Waals surface area (Å²) >= 11 is 1.71. The number of benzene rings is 2. The van der Waals surface area contributed by atoms with E-state index in [9.17, 15) is 0 Å². The molecule has 1 heterocycles. The van der Waals surface area contributed by atoms with Crippen LogP contribution in [-0.4, -0.2) is 9.97 Å². The van der Waals surface area contributed by atoms with Gasteiger partial charge < -0.3 is 10.7 Å². The van der Waals surface area contributed by atoms with Crippen LogP contribution in [0.25, 0.3) is 11.0 Å². The molecule has 3 N–H and O–H groups in total. The Kier molecular flexibility index (Phi) is 3.17. The topological polar surface area (TPSA) is 54.7 Å². The number of aryl methyl sites for hydroxylation is 1. The van der Waals surface area contributed by atoms with Gasteiger partial charge in [0.1, 0.15) is 5.82 Å². The van der Waals surface area contributed by atoms with Crippen LogP contribution in [0.3, 0.4) is 0 Å². The number of hydrogen-bond donors (Lipinski definition) is 2. The van der Waals surface area contributed by atoms with E-state index in [1.807, 2.05) is 37.3 Å². The summed E-state index contributed by atoms with van der Waals surface area (Å²) in [7, 11) is 0. The quantitative estimate of drug-likeness (QED) is 0.562. The molecule has 0 saturated heterocycles. The molecule has 0 spiro atoms. The number of rotatable bonds is 3. The van der Waals surface area contributed by atoms with Gasteiger partial charge in [0.05, 0.1) is 16.8 Å². The third-order valence-corrected chi connectivity index (χ3v) is 4.07. The Balaban J connectivity index is 1.78. The molecular formula is C15H15N3S. The molecule has 96 valence electrons. The monoisotopic (exact) mass is 269 g/mol. The van der Waals surface area contributed by atoms with Gasteiger partial charge in [0, 0.05) is 10.6 Å². The Morgan fingerprint density at radius 3 is 2.84 bits per heavy atom. The Morgan fingerprint density at radius 2 is 2.05 bits per heavy atom. The predicted molar refractivity (Wildman–Crippen MR) is 81.2 cm³/mol. The molecule has 0 unspecified atom stereocenters. The maximum atomic E-state index is 6.01.